The lowest BCUT2D eigenvalue weighted by atomic mass is 9.97. The van der Waals surface area contributed by atoms with Crippen molar-refractivity contribution in [2.45, 2.75) is 45.1 Å². The molecule has 18 heavy (non-hydrogen) atoms. The highest BCUT2D eigenvalue weighted by Gasteiger charge is 2.23. The summed E-state index contributed by atoms with van der Waals surface area (Å²) >= 11 is 0. The van der Waals surface area contributed by atoms with E-state index < -0.39 is 0 Å². The summed E-state index contributed by atoms with van der Waals surface area (Å²) in [5, 5.41) is 8.77. The molecule has 1 atom stereocenters. The summed E-state index contributed by atoms with van der Waals surface area (Å²) in [7, 11) is 0. The van der Waals surface area contributed by atoms with Crippen LogP contribution in [0.2, 0.25) is 0 Å². The van der Waals surface area contributed by atoms with Crippen molar-refractivity contribution in [3.05, 3.63) is 29.6 Å². The second-order valence-electron chi connectivity index (χ2n) is 4.91. The number of hydrogen-bond acceptors (Lipinski definition) is 2. The molecule has 2 nitrogen and oxygen atoms in total. The van der Waals surface area contributed by atoms with Crippen LogP contribution in [0.5, 0.6) is 0 Å². The van der Waals surface area contributed by atoms with E-state index in [1.807, 2.05) is 6.07 Å². The van der Waals surface area contributed by atoms with Crippen LogP contribution in [-0.4, -0.2) is 12.6 Å². The average molecular weight is 246 g/mol. The minimum absolute atomic E-state index is 0.267. The highest BCUT2D eigenvalue weighted by atomic mass is 19.1. The Morgan fingerprint density at radius 1 is 1.44 bits per heavy atom. The van der Waals surface area contributed by atoms with E-state index in [9.17, 15) is 4.39 Å². The third-order valence-electron chi connectivity index (χ3n) is 3.64. The van der Waals surface area contributed by atoms with Gasteiger partial charge in [-0.25, -0.2) is 4.39 Å². The molecule has 1 fully saturated rings. The van der Waals surface area contributed by atoms with Crippen LogP contribution in [0.1, 0.15) is 44.6 Å². The van der Waals surface area contributed by atoms with Gasteiger partial charge in [0.15, 0.2) is 0 Å². The quantitative estimate of drug-likeness (QED) is 0.809. The Kier molecular flexibility index (Phi) is 4.19. The molecule has 96 valence electrons. The second-order valence-corrected chi connectivity index (χ2v) is 4.91. The number of benzene rings is 1. The minimum atomic E-state index is -0.267. The zero-order valence-electron chi connectivity index (χ0n) is 10.8. The Morgan fingerprint density at radius 3 is 2.94 bits per heavy atom. The number of rotatable bonds is 3. The number of halogens is 1. The highest BCUT2D eigenvalue weighted by molar-refractivity contribution is 5.52. The van der Waals surface area contributed by atoms with Gasteiger partial charge in [0.2, 0.25) is 0 Å². The van der Waals surface area contributed by atoms with Gasteiger partial charge in [0.1, 0.15) is 5.82 Å². The zero-order chi connectivity index (χ0) is 13.0. The second kappa shape index (κ2) is 5.86. The molecule has 0 aliphatic carbocycles. The van der Waals surface area contributed by atoms with Crippen molar-refractivity contribution >= 4 is 5.69 Å². The first-order valence-electron chi connectivity index (χ1n) is 6.72. The molecule has 3 heteroatoms. The predicted molar refractivity (Wildman–Crippen MR) is 71.0 cm³/mol. The fourth-order valence-electron chi connectivity index (χ4n) is 2.76. The number of hydrogen-bond donors (Lipinski definition) is 0. The van der Waals surface area contributed by atoms with E-state index in [2.05, 4.69) is 11.8 Å². The molecule has 0 aromatic heterocycles. The predicted octanol–water partition coefficient (Wildman–Crippen LogP) is 3.86. The van der Waals surface area contributed by atoms with Gasteiger partial charge in [0.05, 0.1) is 17.3 Å². The maximum Gasteiger partial charge on any atom is 0.147 e. The monoisotopic (exact) mass is 246 g/mol. The molecule has 1 unspecified atom stereocenters. The van der Waals surface area contributed by atoms with Gasteiger partial charge in [-0.3, -0.25) is 0 Å². The van der Waals surface area contributed by atoms with Crippen molar-refractivity contribution < 1.29 is 4.39 Å². The number of anilines is 1. The van der Waals surface area contributed by atoms with Crippen LogP contribution in [0.4, 0.5) is 10.1 Å². The molecule has 0 saturated carbocycles. The van der Waals surface area contributed by atoms with Crippen molar-refractivity contribution in [3.63, 3.8) is 0 Å². The van der Waals surface area contributed by atoms with Crippen LogP contribution >= 0.6 is 0 Å². The first-order valence-corrected chi connectivity index (χ1v) is 6.72. The summed E-state index contributed by atoms with van der Waals surface area (Å²) in [6, 6.07) is 7.22. The lowest BCUT2D eigenvalue weighted by molar-refractivity contribution is 0.429. The number of nitrogens with zero attached hydrogens (tertiary/aromatic N) is 2. The summed E-state index contributed by atoms with van der Waals surface area (Å²) in [5.41, 5.74) is 1.05. The van der Waals surface area contributed by atoms with Crippen LogP contribution in [0.25, 0.3) is 0 Å². The summed E-state index contributed by atoms with van der Waals surface area (Å²) in [6.45, 7) is 3.09. The van der Waals surface area contributed by atoms with E-state index >= 15 is 0 Å². The lowest BCUT2D eigenvalue weighted by Crippen LogP contribution is -2.40. The Bertz CT molecular complexity index is 448. The molecular formula is C15H19FN2. The Labute approximate surface area is 108 Å². The molecule has 1 aromatic carbocycles. The summed E-state index contributed by atoms with van der Waals surface area (Å²) in [4.78, 5) is 2.18. The van der Waals surface area contributed by atoms with Crippen LogP contribution in [0, 0.1) is 17.1 Å². The van der Waals surface area contributed by atoms with Crippen molar-refractivity contribution in [2.24, 2.45) is 0 Å². The first kappa shape index (κ1) is 12.9. The maximum atomic E-state index is 14.0. The highest BCUT2D eigenvalue weighted by Crippen LogP contribution is 2.29. The molecule has 1 aliphatic rings. The summed E-state index contributed by atoms with van der Waals surface area (Å²) in [6.07, 6.45) is 5.74. The average Bonchev–Trinajstić information content (AvgIpc) is 2.40. The molecule has 0 amide bonds. The molecule has 2 rings (SSSR count). The van der Waals surface area contributed by atoms with Gasteiger partial charge in [0.25, 0.3) is 0 Å². The topological polar surface area (TPSA) is 27.0 Å². The van der Waals surface area contributed by atoms with Crippen LogP contribution in [0.15, 0.2) is 18.2 Å². The van der Waals surface area contributed by atoms with Gasteiger partial charge in [-0.2, -0.15) is 5.26 Å². The Balaban J connectivity index is 2.25. The van der Waals surface area contributed by atoms with Crippen molar-refractivity contribution in [1.29, 1.82) is 5.26 Å². The molecule has 1 aliphatic heterocycles. The SMILES string of the molecule is CCCC1CCCCN1c1ccc(C#N)cc1F. The van der Waals surface area contributed by atoms with Gasteiger partial charge in [-0.15, -0.1) is 0 Å². The molecule has 1 aromatic rings. The normalized spacial score (nSPS) is 19.6. The fraction of sp³-hybridized carbons (Fsp3) is 0.533. The molecule has 0 radical (unpaired) electrons. The van der Waals surface area contributed by atoms with Crippen molar-refractivity contribution in [2.75, 3.05) is 11.4 Å². The molecule has 0 spiro atoms. The van der Waals surface area contributed by atoms with Crippen molar-refractivity contribution in [3.8, 4) is 6.07 Å². The third-order valence-corrected chi connectivity index (χ3v) is 3.64. The van der Waals surface area contributed by atoms with E-state index in [-0.39, 0.29) is 5.82 Å². The van der Waals surface area contributed by atoms with Gasteiger partial charge >= 0.3 is 0 Å². The van der Waals surface area contributed by atoms with Crippen LogP contribution < -0.4 is 4.90 Å². The van der Waals surface area contributed by atoms with Gasteiger partial charge < -0.3 is 4.90 Å². The zero-order valence-corrected chi connectivity index (χ0v) is 10.8. The van der Waals surface area contributed by atoms with Gasteiger partial charge in [0, 0.05) is 12.6 Å². The number of nitriles is 1. The molecular weight excluding hydrogens is 227 g/mol. The maximum absolute atomic E-state index is 14.0. The van der Waals surface area contributed by atoms with Crippen LogP contribution in [-0.2, 0) is 0 Å². The molecule has 1 saturated heterocycles. The van der Waals surface area contributed by atoms with E-state index in [0.29, 0.717) is 17.3 Å². The molecule has 1 heterocycles. The van der Waals surface area contributed by atoms with E-state index in [4.69, 9.17) is 5.26 Å². The largest absolute Gasteiger partial charge is 0.366 e. The molecule has 0 bridgehead atoms. The van der Waals surface area contributed by atoms with E-state index in [0.717, 1.165) is 32.2 Å². The van der Waals surface area contributed by atoms with E-state index in [1.54, 1.807) is 12.1 Å². The Morgan fingerprint density at radius 2 is 2.28 bits per heavy atom. The first-order chi connectivity index (χ1) is 8.76. The lowest BCUT2D eigenvalue weighted by Gasteiger charge is -2.37. The summed E-state index contributed by atoms with van der Waals surface area (Å²) < 4.78 is 14.0. The van der Waals surface area contributed by atoms with E-state index in [1.165, 1.54) is 12.5 Å². The molecule has 0 N–H and O–H groups in total. The number of piperidine rings is 1. The fourth-order valence-corrected chi connectivity index (χ4v) is 2.76. The smallest absolute Gasteiger partial charge is 0.147 e. The van der Waals surface area contributed by atoms with Crippen molar-refractivity contribution in [1.82, 2.24) is 0 Å². The Hall–Kier alpha value is -1.56. The minimum Gasteiger partial charge on any atom is -0.366 e. The van der Waals surface area contributed by atoms with Gasteiger partial charge in [-0.1, -0.05) is 13.3 Å². The van der Waals surface area contributed by atoms with Crippen LogP contribution in [0.3, 0.4) is 0 Å². The van der Waals surface area contributed by atoms with Gasteiger partial charge in [-0.05, 0) is 43.9 Å². The third kappa shape index (κ3) is 2.64. The standard InChI is InChI=1S/C15H19FN2/c1-2-5-13-6-3-4-9-18(13)15-8-7-12(11-17)10-14(15)16/h7-8,10,13H,2-6,9H2,1H3. The summed E-state index contributed by atoms with van der Waals surface area (Å²) in [5.74, 6) is -0.267.